The molecule has 0 saturated carbocycles. The molecule has 0 spiro atoms. The molecule has 0 aliphatic carbocycles. The lowest BCUT2D eigenvalue weighted by Gasteiger charge is -2.23. The van der Waals surface area contributed by atoms with Gasteiger partial charge in [0.2, 0.25) is 0 Å². The van der Waals surface area contributed by atoms with Crippen molar-refractivity contribution in [2.45, 2.75) is 26.8 Å². The zero-order valence-corrected chi connectivity index (χ0v) is 21.5. The lowest BCUT2D eigenvalue weighted by Crippen LogP contribution is -2.29. The second kappa shape index (κ2) is 10.8. The fourth-order valence-corrected chi connectivity index (χ4v) is 5.11. The molecule has 1 aliphatic heterocycles. The molecule has 2 aromatic carbocycles. The lowest BCUT2D eigenvalue weighted by molar-refractivity contribution is -0.132. The van der Waals surface area contributed by atoms with Gasteiger partial charge >= 0.3 is 5.91 Å². The Morgan fingerprint density at radius 1 is 1.16 bits per heavy atom. The Bertz CT molecular complexity index is 1410. The molecular weight excluding hydrogens is 492 g/mol. The summed E-state index contributed by atoms with van der Waals surface area (Å²) in [5, 5.41) is 11.5. The van der Waals surface area contributed by atoms with Gasteiger partial charge in [0.05, 0.1) is 28.8 Å². The van der Waals surface area contributed by atoms with E-state index in [9.17, 15) is 19.5 Å². The molecule has 37 heavy (non-hydrogen) atoms. The lowest BCUT2D eigenvalue weighted by atomic mass is 9.95. The van der Waals surface area contributed by atoms with Gasteiger partial charge in [0.1, 0.15) is 23.9 Å². The Kier molecular flexibility index (Phi) is 7.54. The Morgan fingerprint density at radius 2 is 1.89 bits per heavy atom. The van der Waals surface area contributed by atoms with E-state index < -0.39 is 17.7 Å². The van der Waals surface area contributed by atoms with E-state index >= 15 is 0 Å². The minimum Gasteiger partial charge on any atom is -0.507 e. The van der Waals surface area contributed by atoms with E-state index in [1.54, 1.807) is 61.5 Å². The van der Waals surface area contributed by atoms with Crippen molar-refractivity contribution in [1.29, 1.82) is 0 Å². The van der Waals surface area contributed by atoms with Crippen LogP contribution in [0.1, 0.15) is 46.4 Å². The first kappa shape index (κ1) is 25.8. The van der Waals surface area contributed by atoms with E-state index in [2.05, 4.69) is 11.6 Å². The molecule has 1 N–H and O–H groups in total. The number of nitrogens with zero attached hydrogens (tertiary/aromatic N) is 2. The molecule has 1 aliphatic rings. The zero-order chi connectivity index (χ0) is 26.7. The molecule has 3 aromatic rings. The van der Waals surface area contributed by atoms with Gasteiger partial charge in [0.25, 0.3) is 5.78 Å². The van der Waals surface area contributed by atoms with Crippen LogP contribution in [0.3, 0.4) is 0 Å². The number of thiazole rings is 1. The Labute approximate surface area is 218 Å². The molecule has 1 saturated heterocycles. The number of ketones is 2. The molecule has 1 unspecified atom stereocenters. The summed E-state index contributed by atoms with van der Waals surface area (Å²) in [7, 11) is 0. The van der Waals surface area contributed by atoms with Crippen molar-refractivity contribution in [2.75, 3.05) is 18.1 Å². The van der Waals surface area contributed by atoms with Crippen LogP contribution in [0.25, 0.3) is 5.76 Å². The second-order valence-electron chi connectivity index (χ2n) is 8.27. The summed E-state index contributed by atoms with van der Waals surface area (Å²) in [6.07, 6.45) is 1.60. The van der Waals surface area contributed by atoms with Crippen molar-refractivity contribution in [3.8, 4) is 11.5 Å². The highest BCUT2D eigenvalue weighted by Gasteiger charge is 2.48. The molecule has 0 bridgehead atoms. The van der Waals surface area contributed by atoms with Crippen molar-refractivity contribution in [3.63, 3.8) is 0 Å². The summed E-state index contributed by atoms with van der Waals surface area (Å²) in [6, 6.07) is 12.5. The topological polar surface area (TPSA) is 106 Å². The fourth-order valence-electron chi connectivity index (χ4n) is 4.12. The Balaban J connectivity index is 1.90. The third-order valence-corrected chi connectivity index (χ3v) is 6.99. The first-order valence-corrected chi connectivity index (χ1v) is 12.4. The van der Waals surface area contributed by atoms with Gasteiger partial charge < -0.3 is 14.6 Å². The van der Waals surface area contributed by atoms with Gasteiger partial charge in [-0.15, -0.1) is 0 Å². The van der Waals surface area contributed by atoms with E-state index in [0.717, 1.165) is 11.3 Å². The summed E-state index contributed by atoms with van der Waals surface area (Å²) in [4.78, 5) is 44.9. The van der Waals surface area contributed by atoms with Gasteiger partial charge in [-0.2, -0.15) is 0 Å². The molecular formula is C28H26N2O6S. The summed E-state index contributed by atoms with van der Waals surface area (Å²) in [5.41, 5.74) is 1.26. The molecule has 2 heterocycles. The number of hydrogen-bond acceptors (Lipinski definition) is 8. The van der Waals surface area contributed by atoms with Crippen molar-refractivity contribution in [2.24, 2.45) is 0 Å². The van der Waals surface area contributed by atoms with Crippen LogP contribution in [0.15, 0.2) is 66.8 Å². The number of rotatable bonds is 9. The molecule has 1 aromatic heterocycles. The van der Waals surface area contributed by atoms with Crippen LogP contribution in [0.4, 0.5) is 5.13 Å². The predicted molar refractivity (Wildman–Crippen MR) is 141 cm³/mol. The third-order valence-electron chi connectivity index (χ3n) is 5.74. The number of aryl methyl sites for hydroxylation is 1. The van der Waals surface area contributed by atoms with E-state index in [4.69, 9.17) is 9.47 Å². The van der Waals surface area contributed by atoms with Crippen LogP contribution in [0, 0.1) is 6.92 Å². The molecule has 4 rings (SSSR count). The number of hydrogen-bond donors (Lipinski definition) is 1. The highest BCUT2D eigenvalue weighted by atomic mass is 32.1. The van der Waals surface area contributed by atoms with E-state index in [1.807, 2.05) is 6.92 Å². The number of aliphatic hydroxyl groups excluding tert-OH is 1. The number of ether oxygens (including phenoxy) is 2. The molecule has 8 nitrogen and oxygen atoms in total. The van der Waals surface area contributed by atoms with Crippen LogP contribution in [0.2, 0.25) is 0 Å². The number of anilines is 1. The number of carbonyl (C=O) groups is 3. The maximum absolute atomic E-state index is 13.4. The molecule has 1 atom stereocenters. The number of amides is 1. The number of aliphatic hydroxyl groups is 1. The largest absolute Gasteiger partial charge is 0.507 e. The predicted octanol–water partition coefficient (Wildman–Crippen LogP) is 5.24. The van der Waals surface area contributed by atoms with E-state index in [1.165, 1.54) is 11.8 Å². The second-order valence-corrected chi connectivity index (χ2v) is 9.24. The van der Waals surface area contributed by atoms with Crippen LogP contribution in [-0.2, 0) is 9.59 Å². The van der Waals surface area contributed by atoms with Crippen molar-refractivity contribution >= 4 is 39.7 Å². The van der Waals surface area contributed by atoms with Crippen molar-refractivity contribution < 1.29 is 29.0 Å². The summed E-state index contributed by atoms with van der Waals surface area (Å²) < 4.78 is 11.1. The van der Waals surface area contributed by atoms with Gasteiger partial charge in [-0.1, -0.05) is 36.1 Å². The van der Waals surface area contributed by atoms with Gasteiger partial charge in [-0.3, -0.25) is 19.3 Å². The smallest absolute Gasteiger partial charge is 0.301 e. The van der Waals surface area contributed by atoms with Gasteiger partial charge in [-0.25, -0.2) is 4.98 Å². The highest BCUT2D eigenvalue weighted by molar-refractivity contribution is 7.18. The fraction of sp³-hybridized carbons (Fsp3) is 0.214. The summed E-state index contributed by atoms with van der Waals surface area (Å²) in [5.74, 6) is -1.11. The first-order chi connectivity index (χ1) is 17.8. The van der Waals surface area contributed by atoms with Gasteiger partial charge in [0, 0.05) is 12.5 Å². The van der Waals surface area contributed by atoms with Crippen LogP contribution in [0.5, 0.6) is 11.5 Å². The first-order valence-electron chi connectivity index (χ1n) is 11.6. The number of benzene rings is 2. The standard InChI is InChI=1S/C28H26N2O6S/c1-5-14-36-21-9-7-8-19(15-21)23-22(24(32)18-10-12-20(13-11-18)35-6-2)25(33)27(34)30(23)28-29-16(3)26(37-28)17(4)31/h5,7-13,15,23,32H,1,6,14H2,2-4H3/b24-22+. The zero-order valence-electron chi connectivity index (χ0n) is 20.7. The molecule has 1 amide bonds. The van der Waals surface area contributed by atoms with Crippen LogP contribution < -0.4 is 14.4 Å². The molecule has 190 valence electrons. The average molecular weight is 519 g/mol. The molecule has 9 heteroatoms. The average Bonchev–Trinajstić information content (AvgIpc) is 3.40. The minimum atomic E-state index is -0.996. The normalized spacial score (nSPS) is 16.6. The highest BCUT2D eigenvalue weighted by Crippen LogP contribution is 2.44. The number of Topliss-reactive ketones (excluding diaryl/α,β-unsaturated/α-hetero) is 2. The monoisotopic (exact) mass is 518 g/mol. The molecule has 1 fully saturated rings. The maximum atomic E-state index is 13.4. The van der Waals surface area contributed by atoms with Gasteiger partial charge in [-0.05, 0) is 55.8 Å². The van der Waals surface area contributed by atoms with E-state index in [-0.39, 0.29) is 28.9 Å². The minimum absolute atomic E-state index is 0.0905. The quantitative estimate of drug-likeness (QED) is 0.136. The maximum Gasteiger partial charge on any atom is 0.301 e. The van der Waals surface area contributed by atoms with E-state index in [0.29, 0.717) is 39.8 Å². The summed E-state index contributed by atoms with van der Waals surface area (Å²) >= 11 is 1.03. The molecule has 0 radical (unpaired) electrons. The van der Waals surface area contributed by atoms with Crippen molar-refractivity contribution in [3.05, 3.63) is 88.5 Å². The van der Waals surface area contributed by atoms with Gasteiger partial charge in [0.15, 0.2) is 10.9 Å². The van der Waals surface area contributed by atoms with Crippen molar-refractivity contribution in [1.82, 2.24) is 4.98 Å². The Morgan fingerprint density at radius 3 is 2.51 bits per heavy atom. The Hall–Kier alpha value is -4.24. The summed E-state index contributed by atoms with van der Waals surface area (Å²) in [6.45, 7) is 9.35. The van der Waals surface area contributed by atoms with Crippen LogP contribution in [-0.4, -0.2) is 40.8 Å². The number of aromatic nitrogens is 1. The number of carbonyl (C=O) groups excluding carboxylic acids is 3. The SMILES string of the molecule is C=CCOc1cccc(C2/C(=C(\O)c3ccc(OCC)cc3)C(=O)C(=O)N2c2nc(C)c(C(C)=O)s2)c1. The van der Waals surface area contributed by atoms with Crippen LogP contribution >= 0.6 is 11.3 Å². The third kappa shape index (κ3) is 5.03.